The van der Waals surface area contributed by atoms with E-state index in [2.05, 4.69) is 0 Å². The number of hydrogen-bond acceptors (Lipinski definition) is 2. The zero-order chi connectivity index (χ0) is 12.1. The van der Waals surface area contributed by atoms with E-state index in [-0.39, 0.29) is 5.41 Å². The molecule has 92 valence electrons. The minimum Gasteiger partial charge on any atom is -0.330 e. The van der Waals surface area contributed by atoms with E-state index in [0.717, 1.165) is 12.8 Å². The molecule has 2 nitrogen and oxygen atoms in total. The molecule has 0 aliphatic carbocycles. The van der Waals surface area contributed by atoms with Crippen LogP contribution in [0.5, 0.6) is 0 Å². The number of alkyl halides is 3. The van der Waals surface area contributed by atoms with Gasteiger partial charge in [0.2, 0.25) is 0 Å². The molecule has 0 aliphatic rings. The van der Waals surface area contributed by atoms with Gasteiger partial charge < -0.3 is 5.73 Å². The van der Waals surface area contributed by atoms with E-state index < -0.39 is 12.7 Å². The molecule has 0 aromatic rings. The largest absolute Gasteiger partial charge is 0.401 e. The van der Waals surface area contributed by atoms with Crippen molar-refractivity contribution in [2.75, 3.05) is 26.7 Å². The lowest BCUT2D eigenvalue weighted by molar-refractivity contribution is -0.143. The summed E-state index contributed by atoms with van der Waals surface area (Å²) in [5, 5.41) is 0. The normalized spacial score (nSPS) is 13.6. The summed E-state index contributed by atoms with van der Waals surface area (Å²) in [4.78, 5) is 1.30. The molecule has 0 atom stereocenters. The third-order valence-electron chi connectivity index (χ3n) is 2.40. The van der Waals surface area contributed by atoms with Gasteiger partial charge in [0, 0.05) is 0 Å². The molecule has 0 unspecified atom stereocenters. The van der Waals surface area contributed by atoms with Crippen molar-refractivity contribution in [3.8, 4) is 0 Å². The number of hydrogen-bond donors (Lipinski definition) is 1. The predicted octanol–water partition coefficient (Wildman–Crippen LogP) is 2.25. The van der Waals surface area contributed by atoms with Crippen molar-refractivity contribution in [2.45, 2.75) is 32.9 Å². The van der Waals surface area contributed by atoms with Crippen molar-refractivity contribution >= 4 is 0 Å². The molecule has 0 radical (unpaired) electrons. The van der Waals surface area contributed by atoms with Crippen molar-refractivity contribution in [1.29, 1.82) is 0 Å². The van der Waals surface area contributed by atoms with E-state index in [1.807, 2.05) is 13.8 Å². The van der Waals surface area contributed by atoms with Crippen molar-refractivity contribution in [3.05, 3.63) is 0 Å². The van der Waals surface area contributed by atoms with E-state index in [0.29, 0.717) is 13.1 Å². The first-order valence-electron chi connectivity index (χ1n) is 5.12. The van der Waals surface area contributed by atoms with Gasteiger partial charge in [-0.15, -0.1) is 0 Å². The Morgan fingerprint density at radius 1 is 1.20 bits per heavy atom. The summed E-state index contributed by atoms with van der Waals surface area (Å²) in [6, 6.07) is 0. The molecule has 15 heavy (non-hydrogen) atoms. The summed E-state index contributed by atoms with van der Waals surface area (Å²) < 4.78 is 35.9. The van der Waals surface area contributed by atoms with E-state index in [1.54, 1.807) is 0 Å². The standard InChI is InChI=1S/C10H21F3N2/c1-9(2,7-14)5-4-6-15(3)8-10(11,12)13/h4-8,14H2,1-3H3. The fourth-order valence-electron chi connectivity index (χ4n) is 1.31. The van der Waals surface area contributed by atoms with Crippen LogP contribution in [0, 0.1) is 5.41 Å². The van der Waals surface area contributed by atoms with Crippen LogP contribution in [0.25, 0.3) is 0 Å². The number of halogens is 3. The van der Waals surface area contributed by atoms with Gasteiger partial charge in [0.25, 0.3) is 0 Å². The van der Waals surface area contributed by atoms with Gasteiger partial charge in [-0.3, -0.25) is 4.90 Å². The summed E-state index contributed by atoms with van der Waals surface area (Å²) in [5.74, 6) is 0. The van der Waals surface area contributed by atoms with Gasteiger partial charge in [-0.05, 0) is 38.4 Å². The first kappa shape index (κ1) is 14.7. The molecule has 0 bridgehead atoms. The number of nitrogens with zero attached hydrogens (tertiary/aromatic N) is 1. The first-order valence-corrected chi connectivity index (χ1v) is 5.12. The monoisotopic (exact) mass is 226 g/mol. The van der Waals surface area contributed by atoms with Crippen LogP contribution in [0.3, 0.4) is 0 Å². The molecule has 0 saturated heterocycles. The van der Waals surface area contributed by atoms with Crippen molar-refractivity contribution < 1.29 is 13.2 Å². The summed E-state index contributed by atoms with van der Waals surface area (Å²) in [7, 11) is 1.49. The van der Waals surface area contributed by atoms with Crippen LogP contribution in [0.1, 0.15) is 26.7 Å². The topological polar surface area (TPSA) is 29.3 Å². The first-order chi connectivity index (χ1) is 6.66. The van der Waals surface area contributed by atoms with Crippen molar-refractivity contribution in [1.82, 2.24) is 4.90 Å². The van der Waals surface area contributed by atoms with Crippen molar-refractivity contribution in [3.63, 3.8) is 0 Å². The summed E-state index contributed by atoms with van der Waals surface area (Å²) in [5.41, 5.74) is 5.56. The van der Waals surface area contributed by atoms with Crippen LogP contribution in [-0.2, 0) is 0 Å². The molecule has 0 heterocycles. The van der Waals surface area contributed by atoms with E-state index in [1.165, 1.54) is 11.9 Å². The number of rotatable bonds is 6. The summed E-state index contributed by atoms with van der Waals surface area (Å²) in [6.45, 7) is 4.24. The van der Waals surface area contributed by atoms with Gasteiger partial charge in [-0.2, -0.15) is 13.2 Å². The maximum Gasteiger partial charge on any atom is 0.401 e. The Labute approximate surface area is 89.6 Å². The minimum absolute atomic E-state index is 0.0269. The maximum absolute atomic E-state index is 12.0. The molecule has 0 aromatic heterocycles. The Kier molecular flexibility index (Phi) is 5.59. The second kappa shape index (κ2) is 5.70. The second-order valence-corrected chi connectivity index (χ2v) is 4.82. The summed E-state index contributed by atoms with van der Waals surface area (Å²) in [6.07, 6.45) is -2.50. The highest BCUT2D eigenvalue weighted by Crippen LogP contribution is 2.21. The molecule has 0 aliphatic heterocycles. The molecule has 0 fully saturated rings. The fraction of sp³-hybridized carbons (Fsp3) is 1.00. The molecule has 5 heteroatoms. The van der Waals surface area contributed by atoms with Gasteiger partial charge in [-0.25, -0.2) is 0 Å². The van der Waals surface area contributed by atoms with Crippen molar-refractivity contribution in [2.24, 2.45) is 11.1 Å². The van der Waals surface area contributed by atoms with Gasteiger partial charge >= 0.3 is 6.18 Å². The van der Waals surface area contributed by atoms with Crippen LogP contribution in [0.15, 0.2) is 0 Å². The minimum atomic E-state index is -4.10. The van der Waals surface area contributed by atoms with E-state index in [4.69, 9.17) is 5.73 Å². The fourth-order valence-corrected chi connectivity index (χ4v) is 1.31. The molecule has 0 rings (SSSR count). The molecule has 0 saturated carbocycles. The Bertz CT molecular complexity index is 178. The molecular weight excluding hydrogens is 205 g/mol. The smallest absolute Gasteiger partial charge is 0.330 e. The van der Waals surface area contributed by atoms with Gasteiger partial charge in [-0.1, -0.05) is 13.8 Å². The van der Waals surface area contributed by atoms with Crippen LogP contribution in [0.2, 0.25) is 0 Å². The zero-order valence-corrected chi connectivity index (χ0v) is 9.69. The predicted molar refractivity (Wildman–Crippen MR) is 55.6 cm³/mol. The van der Waals surface area contributed by atoms with Crippen LogP contribution in [-0.4, -0.2) is 37.8 Å². The average molecular weight is 226 g/mol. The van der Waals surface area contributed by atoms with Gasteiger partial charge in [0.15, 0.2) is 0 Å². The van der Waals surface area contributed by atoms with Gasteiger partial charge in [0.1, 0.15) is 0 Å². The number of nitrogens with two attached hydrogens (primary N) is 1. The quantitative estimate of drug-likeness (QED) is 0.752. The highest BCUT2D eigenvalue weighted by Gasteiger charge is 2.29. The highest BCUT2D eigenvalue weighted by atomic mass is 19.4. The third kappa shape index (κ3) is 8.69. The van der Waals surface area contributed by atoms with Crippen LogP contribution >= 0.6 is 0 Å². The average Bonchev–Trinajstić information content (AvgIpc) is 2.00. The lowest BCUT2D eigenvalue weighted by atomic mass is 9.88. The molecule has 2 N–H and O–H groups in total. The van der Waals surface area contributed by atoms with Crippen LogP contribution in [0.4, 0.5) is 13.2 Å². The highest BCUT2D eigenvalue weighted by molar-refractivity contribution is 4.70. The van der Waals surface area contributed by atoms with Gasteiger partial charge in [0.05, 0.1) is 6.54 Å². The lowest BCUT2D eigenvalue weighted by Gasteiger charge is -2.24. The van der Waals surface area contributed by atoms with E-state index >= 15 is 0 Å². The van der Waals surface area contributed by atoms with E-state index in [9.17, 15) is 13.2 Å². The SMILES string of the molecule is CN(CCCC(C)(C)CN)CC(F)(F)F. The second-order valence-electron chi connectivity index (χ2n) is 4.82. The maximum atomic E-state index is 12.0. The third-order valence-corrected chi connectivity index (χ3v) is 2.40. The summed E-state index contributed by atoms with van der Waals surface area (Å²) >= 11 is 0. The Morgan fingerprint density at radius 3 is 2.13 bits per heavy atom. The molecule has 0 spiro atoms. The lowest BCUT2D eigenvalue weighted by Crippen LogP contribution is -2.32. The Morgan fingerprint density at radius 2 is 1.73 bits per heavy atom. The zero-order valence-electron chi connectivity index (χ0n) is 9.69. The molecule has 0 aromatic carbocycles. The Balaban J connectivity index is 3.69. The molecule has 0 amide bonds. The Hall–Kier alpha value is -0.290. The molecular formula is C10H21F3N2. The van der Waals surface area contributed by atoms with Crippen LogP contribution < -0.4 is 5.73 Å².